The van der Waals surface area contributed by atoms with Gasteiger partial charge in [0.15, 0.2) is 17.4 Å². The maximum atomic E-state index is 14.5. The van der Waals surface area contributed by atoms with Gasteiger partial charge in [0.05, 0.1) is 18.4 Å². The third-order valence-corrected chi connectivity index (χ3v) is 7.01. The van der Waals surface area contributed by atoms with E-state index in [1.165, 1.54) is 5.22 Å². The highest BCUT2D eigenvalue weighted by molar-refractivity contribution is 5.52. The van der Waals surface area contributed by atoms with Crippen molar-refractivity contribution in [2.45, 2.75) is 57.7 Å². The molecule has 0 spiro atoms. The van der Waals surface area contributed by atoms with Crippen LogP contribution in [0, 0.1) is 5.82 Å². The number of anilines is 1. The molecule has 7 nitrogen and oxygen atoms in total. The maximum Gasteiger partial charge on any atom is 0.165 e. The number of fused-ring (bicyclic) bond motifs is 1. The zero-order chi connectivity index (χ0) is 25.5. The molecule has 2 aromatic rings. The van der Waals surface area contributed by atoms with E-state index in [0.717, 1.165) is 80.6 Å². The van der Waals surface area contributed by atoms with Crippen LogP contribution in [0.4, 0.5) is 10.2 Å². The van der Waals surface area contributed by atoms with E-state index >= 15 is 0 Å². The molecule has 4 rings (SSSR count). The molecule has 1 atom stereocenters. The van der Waals surface area contributed by atoms with Gasteiger partial charge in [0.2, 0.25) is 0 Å². The number of nitrogens with zero attached hydrogens (tertiary/aromatic N) is 4. The van der Waals surface area contributed by atoms with Crippen molar-refractivity contribution in [2.24, 2.45) is 0 Å². The number of aryl methyl sites for hydroxylation is 1. The molecule has 1 aromatic carbocycles. The van der Waals surface area contributed by atoms with Crippen molar-refractivity contribution in [3.05, 3.63) is 45.7 Å². The van der Waals surface area contributed by atoms with E-state index in [1.54, 1.807) is 19.2 Å². The molecule has 196 valence electrons. The number of hydrogen-bond donors (Lipinski definition) is 1. The van der Waals surface area contributed by atoms with Crippen LogP contribution in [0.25, 0.3) is 12.2 Å². The summed E-state index contributed by atoms with van der Waals surface area (Å²) in [6.07, 6.45) is 9.07. The lowest BCUT2D eigenvalue weighted by Gasteiger charge is -2.32. The average molecular weight is 498 g/mol. The molecule has 0 radical (unpaired) electrons. The Morgan fingerprint density at radius 1 is 1.17 bits per heavy atom. The zero-order valence-electron chi connectivity index (χ0n) is 22.1. The van der Waals surface area contributed by atoms with Gasteiger partial charge in [0.1, 0.15) is 0 Å². The topological polar surface area (TPSA) is 62.8 Å². The van der Waals surface area contributed by atoms with E-state index in [1.807, 2.05) is 20.2 Å². The smallest absolute Gasteiger partial charge is 0.165 e. The molecule has 8 heteroatoms. The second-order valence-electron chi connectivity index (χ2n) is 10.0. The van der Waals surface area contributed by atoms with Gasteiger partial charge in [-0.05, 0) is 70.0 Å². The highest BCUT2D eigenvalue weighted by atomic mass is 19.1. The first kappa shape index (κ1) is 26.5. The van der Waals surface area contributed by atoms with Gasteiger partial charge < -0.3 is 19.7 Å². The number of halogens is 1. The third kappa shape index (κ3) is 6.81. The second kappa shape index (κ2) is 12.6. The molecule has 1 saturated heterocycles. The Bertz CT molecular complexity index is 1130. The number of benzene rings is 1. The van der Waals surface area contributed by atoms with E-state index in [9.17, 15) is 4.39 Å². The molecular formula is C28H40FN5O2. The van der Waals surface area contributed by atoms with Crippen LogP contribution in [0.5, 0.6) is 5.75 Å². The molecule has 0 bridgehead atoms. The van der Waals surface area contributed by atoms with Crippen molar-refractivity contribution in [3.63, 3.8) is 0 Å². The molecular weight excluding hydrogens is 457 g/mol. The average Bonchev–Trinajstić information content (AvgIpc) is 2.88. The van der Waals surface area contributed by atoms with Crippen molar-refractivity contribution in [3.8, 4) is 5.75 Å². The lowest BCUT2D eigenvalue weighted by Crippen LogP contribution is -2.43. The van der Waals surface area contributed by atoms with Gasteiger partial charge in [-0.2, -0.15) is 5.10 Å². The highest BCUT2D eigenvalue weighted by Gasteiger charge is 2.21. The van der Waals surface area contributed by atoms with Gasteiger partial charge in [-0.3, -0.25) is 4.90 Å². The fourth-order valence-corrected chi connectivity index (χ4v) is 4.93. The van der Waals surface area contributed by atoms with Crippen LogP contribution in [-0.4, -0.2) is 79.6 Å². The predicted octanol–water partition coefficient (Wildman–Crippen LogP) is 2.56. The Morgan fingerprint density at radius 3 is 2.67 bits per heavy atom. The van der Waals surface area contributed by atoms with Crippen LogP contribution >= 0.6 is 0 Å². The first-order valence-electron chi connectivity index (χ1n) is 13.1. The van der Waals surface area contributed by atoms with Crippen LogP contribution in [0.2, 0.25) is 0 Å². The fourth-order valence-electron chi connectivity index (χ4n) is 4.93. The van der Waals surface area contributed by atoms with E-state index in [2.05, 4.69) is 44.4 Å². The van der Waals surface area contributed by atoms with Crippen molar-refractivity contribution in [1.29, 1.82) is 0 Å². The molecule has 1 aliphatic heterocycles. The molecule has 36 heavy (non-hydrogen) atoms. The molecule has 2 aliphatic rings. The minimum absolute atomic E-state index is 0.0732. The van der Waals surface area contributed by atoms with Gasteiger partial charge in [0, 0.05) is 49.8 Å². The molecule has 1 unspecified atom stereocenters. The summed E-state index contributed by atoms with van der Waals surface area (Å²) in [5.74, 6) is 0.904. The third-order valence-electron chi connectivity index (χ3n) is 7.01. The van der Waals surface area contributed by atoms with Gasteiger partial charge in [-0.15, -0.1) is 5.10 Å². The molecule has 1 fully saturated rings. The molecule has 1 aliphatic carbocycles. The van der Waals surface area contributed by atoms with Crippen LogP contribution in [-0.2, 0) is 17.7 Å². The SMILES string of the molecule is CCc1nnc(NC2CCN(Cc3ccc(OCCCN(C)C)c(F)c3)CC2)c2c1=CCC(OC)C=2. The number of rotatable bonds is 11. The number of methoxy groups -OCH3 is 1. The summed E-state index contributed by atoms with van der Waals surface area (Å²) in [5, 5.41) is 15.0. The summed E-state index contributed by atoms with van der Waals surface area (Å²) in [6, 6.07) is 5.68. The molecule has 1 N–H and O–H groups in total. The number of piperidine rings is 1. The van der Waals surface area contributed by atoms with Crippen LogP contribution < -0.4 is 20.5 Å². The van der Waals surface area contributed by atoms with E-state index in [-0.39, 0.29) is 11.9 Å². The largest absolute Gasteiger partial charge is 0.490 e. The number of nitrogens with one attached hydrogen (secondary N) is 1. The second-order valence-corrected chi connectivity index (χ2v) is 10.0. The van der Waals surface area contributed by atoms with E-state index in [4.69, 9.17) is 9.47 Å². The first-order valence-corrected chi connectivity index (χ1v) is 13.1. The first-order chi connectivity index (χ1) is 17.5. The van der Waals surface area contributed by atoms with Crippen molar-refractivity contribution in [2.75, 3.05) is 52.8 Å². The number of ether oxygens (including phenoxy) is 2. The summed E-state index contributed by atoms with van der Waals surface area (Å²) < 4.78 is 25.8. The highest BCUT2D eigenvalue weighted by Crippen LogP contribution is 2.21. The zero-order valence-corrected chi connectivity index (χ0v) is 22.1. The quantitative estimate of drug-likeness (QED) is 0.479. The fraction of sp³-hybridized carbons (Fsp3) is 0.571. The maximum absolute atomic E-state index is 14.5. The van der Waals surface area contributed by atoms with Gasteiger partial charge in [-0.25, -0.2) is 4.39 Å². The Kier molecular flexibility index (Phi) is 9.29. The lowest BCUT2D eigenvalue weighted by molar-refractivity contribution is 0.157. The number of aromatic nitrogens is 2. The summed E-state index contributed by atoms with van der Waals surface area (Å²) >= 11 is 0. The van der Waals surface area contributed by atoms with Crippen molar-refractivity contribution in [1.82, 2.24) is 20.0 Å². The molecule has 0 amide bonds. The van der Waals surface area contributed by atoms with Crippen LogP contribution in [0.15, 0.2) is 18.2 Å². The van der Waals surface area contributed by atoms with Crippen molar-refractivity contribution >= 4 is 18.0 Å². The Morgan fingerprint density at radius 2 is 1.97 bits per heavy atom. The number of likely N-dealkylation sites (tertiary alicyclic amines) is 1. The molecule has 2 heterocycles. The van der Waals surface area contributed by atoms with Crippen LogP contribution in [0.3, 0.4) is 0 Å². The minimum atomic E-state index is -0.282. The monoisotopic (exact) mass is 497 g/mol. The predicted molar refractivity (Wildman–Crippen MR) is 142 cm³/mol. The lowest BCUT2D eigenvalue weighted by atomic mass is 10.0. The van der Waals surface area contributed by atoms with Gasteiger partial charge in [-0.1, -0.05) is 19.1 Å². The van der Waals surface area contributed by atoms with E-state index < -0.39 is 0 Å². The summed E-state index contributed by atoms with van der Waals surface area (Å²) in [4.78, 5) is 4.48. The Labute approximate surface area is 214 Å². The van der Waals surface area contributed by atoms with Gasteiger partial charge in [0.25, 0.3) is 0 Å². The Balaban J connectivity index is 1.31. The van der Waals surface area contributed by atoms with Crippen LogP contribution in [0.1, 0.15) is 43.9 Å². The minimum Gasteiger partial charge on any atom is -0.490 e. The molecule has 0 saturated carbocycles. The van der Waals surface area contributed by atoms with E-state index in [0.29, 0.717) is 18.4 Å². The molecule has 1 aromatic heterocycles. The van der Waals surface area contributed by atoms with Gasteiger partial charge >= 0.3 is 0 Å². The summed E-state index contributed by atoms with van der Waals surface area (Å²) in [5.41, 5.74) is 2.01. The van der Waals surface area contributed by atoms with Crippen molar-refractivity contribution < 1.29 is 13.9 Å². The summed E-state index contributed by atoms with van der Waals surface area (Å²) in [6.45, 7) is 6.19. The standard InChI is InChI=1S/C28H40FN5O2/c1-5-26-23-9-8-22(35-4)18-24(23)28(32-31-26)30-21-11-14-34(15-12-21)19-20-7-10-27(25(29)17-20)36-16-6-13-33(2)3/h7,9-10,17-18,21-22H,5-6,8,11-16,19H2,1-4H3,(H,30,32). The Hall–Kier alpha value is -2.55. The normalized spacial score (nSPS) is 18.4. The number of hydrogen-bond acceptors (Lipinski definition) is 7. The summed E-state index contributed by atoms with van der Waals surface area (Å²) in [7, 11) is 5.79.